The lowest BCUT2D eigenvalue weighted by atomic mass is 10.2. The lowest BCUT2D eigenvalue weighted by molar-refractivity contribution is 0.0945. The summed E-state index contributed by atoms with van der Waals surface area (Å²) < 4.78 is 0. The molecule has 0 unspecified atom stereocenters. The summed E-state index contributed by atoms with van der Waals surface area (Å²) in [6.07, 6.45) is 5.91. The summed E-state index contributed by atoms with van der Waals surface area (Å²) in [5.74, 6) is 0.698. The average molecular weight is 352 g/mol. The van der Waals surface area contributed by atoms with E-state index in [1.807, 2.05) is 18.5 Å². The standard InChI is InChI=1S/C17H16N6OS/c1-23-7-4-11-2-3-13(22-15(11)23)16(24)20-8-12-10-25-17(21-12)14-9-18-5-6-19-14/h2-3,5-6,9-10H,4,7-8H2,1H3,(H,20,24). The summed E-state index contributed by atoms with van der Waals surface area (Å²) in [7, 11) is 1.99. The number of rotatable bonds is 4. The molecule has 1 N–H and O–H groups in total. The van der Waals surface area contributed by atoms with E-state index in [1.165, 1.54) is 16.9 Å². The molecule has 1 amide bonds. The van der Waals surface area contributed by atoms with Crippen LogP contribution in [-0.2, 0) is 13.0 Å². The van der Waals surface area contributed by atoms with Gasteiger partial charge in [-0.05, 0) is 18.1 Å². The van der Waals surface area contributed by atoms with Gasteiger partial charge < -0.3 is 10.2 Å². The zero-order valence-corrected chi connectivity index (χ0v) is 14.5. The van der Waals surface area contributed by atoms with Gasteiger partial charge in [-0.15, -0.1) is 11.3 Å². The van der Waals surface area contributed by atoms with E-state index in [4.69, 9.17) is 0 Å². The summed E-state index contributed by atoms with van der Waals surface area (Å²) in [4.78, 5) is 31.7. The number of aromatic nitrogens is 4. The molecule has 8 heteroatoms. The number of pyridine rings is 1. The topological polar surface area (TPSA) is 83.9 Å². The molecule has 25 heavy (non-hydrogen) atoms. The van der Waals surface area contributed by atoms with Crippen LogP contribution in [0.2, 0.25) is 0 Å². The van der Waals surface area contributed by atoms with Crippen molar-refractivity contribution in [1.29, 1.82) is 0 Å². The molecule has 0 fully saturated rings. The molecule has 0 radical (unpaired) electrons. The van der Waals surface area contributed by atoms with Gasteiger partial charge in [0.25, 0.3) is 5.91 Å². The van der Waals surface area contributed by atoms with E-state index in [1.54, 1.807) is 24.7 Å². The molecule has 0 saturated carbocycles. The van der Waals surface area contributed by atoms with Crippen LogP contribution >= 0.6 is 11.3 Å². The minimum absolute atomic E-state index is 0.197. The molecule has 7 nitrogen and oxygen atoms in total. The highest BCUT2D eigenvalue weighted by molar-refractivity contribution is 7.13. The zero-order chi connectivity index (χ0) is 17.2. The third kappa shape index (κ3) is 3.20. The fourth-order valence-electron chi connectivity index (χ4n) is 2.70. The van der Waals surface area contributed by atoms with E-state index in [0.29, 0.717) is 12.2 Å². The summed E-state index contributed by atoms with van der Waals surface area (Å²) in [6.45, 7) is 1.29. The van der Waals surface area contributed by atoms with Gasteiger partial charge in [0.15, 0.2) is 0 Å². The van der Waals surface area contributed by atoms with Crippen molar-refractivity contribution in [3.05, 3.63) is 53.1 Å². The third-order valence-electron chi connectivity index (χ3n) is 4.03. The smallest absolute Gasteiger partial charge is 0.270 e. The van der Waals surface area contributed by atoms with Crippen LogP contribution in [0.15, 0.2) is 36.1 Å². The van der Waals surface area contributed by atoms with Crippen molar-refractivity contribution < 1.29 is 4.79 Å². The van der Waals surface area contributed by atoms with Crippen LogP contribution in [-0.4, -0.2) is 39.4 Å². The van der Waals surface area contributed by atoms with Gasteiger partial charge in [0, 0.05) is 31.4 Å². The molecule has 0 spiro atoms. The fourth-order valence-corrected chi connectivity index (χ4v) is 3.48. The first kappa shape index (κ1) is 15.6. The van der Waals surface area contributed by atoms with Crippen LogP contribution in [0, 0.1) is 0 Å². The average Bonchev–Trinajstić information content (AvgIpc) is 3.27. The van der Waals surface area contributed by atoms with E-state index in [0.717, 1.165) is 35.2 Å². The number of anilines is 1. The summed E-state index contributed by atoms with van der Waals surface area (Å²) >= 11 is 1.48. The SMILES string of the molecule is CN1CCc2ccc(C(=O)NCc3csc(-c4cnccn4)n3)nc21. The zero-order valence-electron chi connectivity index (χ0n) is 13.6. The summed E-state index contributed by atoms with van der Waals surface area (Å²) in [5, 5.41) is 5.57. The molecule has 4 rings (SSSR count). The highest BCUT2D eigenvalue weighted by Gasteiger charge is 2.19. The molecule has 0 bridgehead atoms. The number of hydrogen-bond donors (Lipinski definition) is 1. The number of nitrogens with zero attached hydrogens (tertiary/aromatic N) is 5. The summed E-state index contributed by atoms with van der Waals surface area (Å²) in [5.41, 5.74) is 3.13. The van der Waals surface area contributed by atoms with Gasteiger partial charge in [-0.2, -0.15) is 0 Å². The van der Waals surface area contributed by atoms with Crippen LogP contribution in [0.25, 0.3) is 10.7 Å². The maximum Gasteiger partial charge on any atom is 0.270 e. The Morgan fingerprint density at radius 1 is 1.32 bits per heavy atom. The van der Waals surface area contributed by atoms with Crippen LogP contribution in [0.3, 0.4) is 0 Å². The number of likely N-dealkylation sites (N-methyl/N-ethyl adjacent to an activating group) is 1. The Balaban J connectivity index is 1.43. The molecule has 1 aliphatic rings. The van der Waals surface area contributed by atoms with Gasteiger partial charge in [0.05, 0.1) is 18.4 Å². The molecule has 0 aromatic carbocycles. The molecule has 1 aliphatic heterocycles. The molecule has 0 aliphatic carbocycles. The lowest BCUT2D eigenvalue weighted by Gasteiger charge is -2.11. The molecular weight excluding hydrogens is 336 g/mol. The summed E-state index contributed by atoms with van der Waals surface area (Å²) in [6, 6.07) is 3.76. The first-order valence-corrected chi connectivity index (χ1v) is 8.79. The predicted molar refractivity (Wildman–Crippen MR) is 95.5 cm³/mol. The lowest BCUT2D eigenvalue weighted by Crippen LogP contribution is -2.24. The number of carbonyl (C=O) groups excluding carboxylic acids is 1. The highest BCUT2D eigenvalue weighted by Crippen LogP contribution is 2.24. The van der Waals surface area contributed by atoms with E-state index in [-0.39, 0.29) is 5.91 Å². The van der Waals surface area contributed by atoms with E-state index in [9.17, 15) is 4.79 Å². The van der Waals surface area contributed by atoms with E-state index < -0.39 is 0 Å². The second kappa shape index (κ2) is 6.56. The van der Waals surface area contributed by atoms with Crippen molar-refractivity contribution in [3.63, 3.8) is 0 Å². The van der Waals surface area contributed by atoms with Crippen molar-refractivity contribution in [2.75, 3.05) is 18.5 Å². The van der Waals surface area contributed by atoms with Gasteiger partial charge in [-0.1, -0.05) is 6.07 Å². The van der Waals surface area contributed by atoms with Gasteiger partial charge in [0.1, 0.15) is 22.2 Å². The number of hydrogen-bond acceptors (Lipinski definition) is 7. The van der Waals surface area contributed by atoms with Crippen molar-refractivity contribution in [2.24, 2.45) is 0 Å². The van der Waals surface area contributed by atoms with Crippen molar-refractivity contribution >= 4 is 23.1 Å². The second-order valence-corrected chi connectivity index (χ2v) is 6.63. The van der Waals surface area contributed by atoms with Crippen LogP contribution in [0.5, 0.6) is 0 Å². The van der Waals surface area contributed by atoms with E-state index >= 15 is 0 Å². The Morgan fingerprint density at radius 3 is 3.08 bits per heavy atom. The highest BCUT2D eigenvalue weighted by atomic mass is 32.1. The number of nitrogens with one attached hydrogen (secondary N) is 1. The maximum atomic E-state index is 12.4. The molecule has 3 aromatic heterocycles. The van der Waals surface area contributed by atoms with E-state index in [2.05, 4.69) is 30.2 Å². The minimum Gasteiger partial charge on any atom is -0.359 e. The maximum absolute atomic E-state index is 12.4. The Hall–Kier alpha value is -2.87. The molecule has 3 aromatic rings. The number of thiazole rings is 1. The van der Waals surface area contributed by atoms with Crippen molar-refractivity contribution in [2.45, 2.75) is 13.0 Å². The number of carbonyl (C=O) groups is 1. The van der Waals surface area contributed by atoms with Gasteiger partial charge in [0.2, 0.25) is 0 Å². The van der Waals surface area contributed by atoms with Crippen LogP contribution in [0.4, 0.5) is 5.82 Å². The van der Waals surface area contributed by atoms with Crippen molar-refractivity contribution in [3.8, 4) is 10.7 Å². The van der Waals surface area contributed by atoms with Gasteiger partial charge >= 0.3 is 0 Å². The predicted octanol–water partition coefficient (Wildman–Crippen LogP) is 1.92. The molecule has 0 saturated heterocycles. The fraction of sp³-hybridized carbons (Fsp3) is 0.235. The Morgan fingerprint density at radius 2 is 2.24 bits per heavy atom. The minimum atomic E-state index is -0.197. The largest absolute Gasteiger partial charge is 0.359 e. The van der Waals surface area contributed by atoms with Gasteiger partial charge in [-0.3, -0.25) is 14.8 Å². The Kier molecular flexibility index (Phi) is 4.10. The van der Waals surface area contributed by atoms with Crippen LogP contribution < -0.4 is 10.2 Å². The second-order valence-electron chi connectivity index (χ2n) is 5.77. The molecular formula is C17H16N6OS. The first-order chi connectivity index (χ1) is 12.2. The van der Waals surface area contributed by atoms with Gasteiger partial charge in [-0.25, -0.2) is 9.97 Å². The monoisotopic (exact) mass is 352 g/mol. The Bertz CT molecular complexity index is 911. The number of amides is 1. The number of fused-ring (bicyclic) bond motifs is 1. The Labute approximate surface area is 148 Å². The quantitative estimate of drug-likeness (QED) is 0.772. The van der Waals surface area contributed by atoms with Crippen LogP contribution in [0.1, 0.15) is 21.7 Å². The molecule has 126 valence electrons. The normalized spacial score (nSPS) is 12.9. The molecule has 4 heterocycles. The molecule has 0 atom stereocenters. The van der Waals surface area contributed by atoms with Crippen molar-refractivity contribution in [1.82, 2.24) is 25.3 Å². The third-order valence-corrected chi connectivity index (χ3v) is 4.94. The first-order valence-electron chi connectivity index (χ1n) is 7.91.